The van der Waals surface area contributed by atoms with Crippen molar-refractivity contribution in [1.82, 2.24) is 19.6 Å². The smallest absolute Gasteiger partial charge is 0.256 e. The van der Waals surface area contributed by atoms with Gasteiger partial charge in [0.25, 0.3) is 5.78 Å². The van der Waals surface area contributed by atoms with Crippen molar-refractivity contribution in [2.24, 2.45) is 0 Å². The fraction of sp³-hybridized carbons (Fsp3) is 0.182. The van der Waals surface area contributed by atoms with E-state index < -0.39 is 0 Å². The van der Waals surface area contributed by atoms with Crippen molar-refractivity contribution in [3.8, 4) is 0 Å². The molecular formula is C22H21N5OS. The fourth-order valence-corrected chi connectivity index (χ4v) is 4.01. The Morgan fingerprint density at radius 3 is 2.62 bits per heavy atom. The lowest BCUT2D eigenvalue weighted by Gasteiger charge is -2.11. The molecular weight excluding hydrogens is 382 g/mol. The van der Waals surface area contributed by atoms with E-state index in [0.717, 1.165) is 29.1 Å². The zero-order chi connectivity index (χ0) is 20.2. The Bertz CT molecular complexity index is 1160. The number of fused-ring (bicyclic) bond motifs is 1. The zero-order valence-corrected chi connectivity index (χ0v) is 17.1. The monoisotopic (exact) mass is 403 g/mol. The maximum absolute atomic E-state index is 12.6. The van der Waals surface area contributed by atoms with Gasteiger partial charge >= 0.3 is 0 Å². The van der Waals surface area contributed by atoms with Crippen LogP contribution < -0.4 is 5.32 Å². The number of aromatic nitrogens is 4. The predicted molar refractivity (Wildman–Crippen MR) is 115 cm³/mol. The Balaban J connectivity index is 1.45. The highest BCUT2D eigenvalue weighted by Crippen LogP contribution is 2.21. The summed E-state index contributed by atoms with van der Waals surface area (Å²) in [6.45, 7) is 3.91. The fourth-order valence-electron chi connectivity index (χ4n) is 3.22. The average molecular weight is 404 g/mol. The number of carbonyl (C=O) groups excluding carboxylic acids is 1. The van der Waals surface area contributed by atoms with Crippen LogP contribution in [0.4, 0.5) is 5.69 Å². The maximum Gasteiger partial charge on any atom is 0.256 e. The minimum atomic E-state index is -0.0787. The Labute approximate surface area is 173 Å². The van der Waals surface area contributed by atoms with Crippen molar-refractivity contribution >= 4 is 29.1 Å². The topological polar surface area (TPSA) is 72.2 Å². The molecule has 29 heavy (non-hydrogen) atoms. The number of aryl methyl sites for hydroxylation is 2. The summed E-state index contributed by atoms with van der Waals surface area (Å²) >= 11 is 1.35. The Kier molecular flexibility index (Phi) is 5.57. The van der Waals surface area contributed by atoms with Crippen LogP contribution in [0.25, 0.3) is 5.78 Å². The van der Waals surface area contributed by atoms with Gasteiger partial charge in [0.2, 0.25) is 5.91 Å². The number of nitrogens with zero attached hydrogens (tertiary/aromatic N) is 4. The summed E-state index contributed by atoms with van der Waals surface area (Å²) in [6, 6.07) is 20.1. The maximum atomic E-state index is 12.6. The minimum absolute atomic E-state index is 0.0787. The number of anilines is 1. The van der Waals surface area contributed by atoms with Gasteiger partial charge in [-0.2, -0.15) is 0 Å². The van der Waals surface area contributed by atoms with E-state index in [4.69, 9.17) is 0 Å². The molecule has 4 aromatic rings. The molecule has 6 nitrogen and oxygen atoms in total. The van der Waals surface area contributed by atoms with Crippen LogP contribution in [0.1, 0.15) is 22.5 Å². The Morgan fingerprint density at radius 2 is 1.79 bits per heavy atom. The van der Waals surface area contributed by atoms with Crippen LogP contribution in [0.15, 0.2) is 65.8 Å². The van der Waals surface area contributed by atoms with Crippen LogP contribution in [0.5, 0.6) is 0 Å². The zero-order valence-electron chi connectivity index (χ0n) is 16.3. The summed E-state index contributed by atoms with van der Waals surface area (Å²) in [4.78, 5) is 17.0. The second kappa shape index (κ2) is 8.45. The lowest BCUT2D eigenvalue weighted by Crippen LogP contribution is -2.15. The number of thioether (sulfide) groups is 1. The summed E-state index contributed by atoms with van der Waals surface area (Å²) in [5.41, 5.74) is 5.01. The molecule has 2 aromatic carbocycles. The third-order valence-corrected chi connectivity index (χ3v) is 5.45. The number of hydrogen-bond donors (Lipinski definition) is 1. The molecule has 1 N–H and O–H groups in total. The quantitative estimate of drug-likeness (QED) is 0.492. The summed E-state index contributed by atoms with van der Waals surface area (Å²) < 4.78 is 1.87. The first kappa shape index (κ1) is 19.1. The second-order valence-electron chi connectivity index (χ2n) is 6.81. The average Bonchev–Trinajstić information content (AvgIpc) is 3.12. The van der Waals surface area contributed by atoms with Crippen molar-refractivity contribution < 1.29 is 4.79 Å². The minimum Gasteiger partial charge on any atom is -0.325 e. The van der Waals surface area contributed by atoms with Gasteiger partial charge in [-0.25, -0.2) is 4.98 Å². The number of para-hydroxylation sites is 1. The molecule has 7 heteroatoms. The van der Waals surface area contributed by atoms with Crippen LogP contribution in [0.3, 0.4) is 0 Å². The normalized spacial score (nSPS) is 11.0. The highest BCUT2D eigenvalue weighted by molar-refractivity contribution is 7.99. The van der Waals surface area contributed by atoms with Gasteiger partial charge in [0, 0.05) is 17.1 Å². The van der Waals surface area contributed by atoms with Gasteiger partial charge in [-0.05, 0) is 43.5 Å². The molecule has 0 saturated heterocycles. The van der Waals surface area contributed by atoms with Crippen LogP contribution in [0.2, 0.25) is 0 Å². The summed E-state index contributed by atoms with van der Waals surface area (Å²) in [6.07, 6.45) is 0.767. The lowest BCUT2D eigenvalue weighted by molar-refractivity contribution is -0.113. The number of rotatable bonds is 6. The first-order chi connectivity index (χ1) is 14.1. The van der Waals surface area contributed by atoms with Crippen molar-refractivity contribution in [3.63, 3.8) is 0 Å². The van der Waals surface area contributed by atoms with Gasteiger partial charge in [-0.3, -0.25) is 9.20 Å². The molecule has 2 heterocycles. The van der Waals surface area contributed by atoms with Crippen molar-refractivity contribution in [1.29, 1.82) is 0 Å². The van der Waals surface area contributed by atoms with E-state index in [-0.39, 0.29) is 11.7 Å². The number of benzene rings is 2. The molecule has 0 spiro atoms. The van der Waals surface area contributed by atoms with E-state index >= 15 is 0 Å². The van der Waals surface area contributed by atoms with Crippen LogP contribution in [-0.4, -0.2) is 31.2 Å². The number of amides is 1. The number of nitrogens with one attached hydrogen (secondary N) is 1. The summed E-state index contributed by atoms with van der Waals surface area (Å²) in [5, 5.41) is 12.0. The van der Waals surface area contributed by atoms with E-state index in [0.29, 0.717) is 10.9 Å². The van der Waals surface area contributed by atoms with Gasteiger partial charge < -0.3 is 5.32 Å². The highest BCUT2D eigenvalue weighted by Gasteiger charge is 2.13. The van der Waals surface area contributed by atoms with Gasteiger partial charge in [-0.1, -0.05) is 60.3 Å². The Hall–Kier alpha value is -3.19. The first-order valence-corrected chi connectivity index (χ1v) is 10.3. The molecule has 0 fully saturated rings. The van der Waals surface area contributed by atoms with Gasteiger partial charge in [0.15, 0.2) is 5.16 Å². The van der Waals surface area contributed by atoms with Crippen molar-refractivity contribution in [2.75, 3.05) is 11.1 Å². The largest absolute Gasteiger partial charge is 0.325 e. The van der Waals surface area contributed by atoms with E-state index in [1.54, 1.807) is 0 Å². The van der Waals surface area contributed by atoms with E-state index in [2.05, 4.69) is 32.6 Å². The predicted octanol–water partition coefficient (Wildman–Crippen LogP) is 4.06. The molecule has 146 valence electrons. The molecule has 0 saturated carbocycles. The van der Waals surface area contributed by atoms with E-state index in [9.17, 15) is 4.79 Å². The summed E-state index contributed by atoms with van der Waals surface area (Å²) in [5.74, 6) is 0.719. The van der Waals surface area contributed by atoms with E-state index in [1.165, 1.54) is 17.3 Å². The molecule has 2 aromatic heterocycles. The van der Waals surface area contributed by atoms with Gasteiger partial charge in [0.1, 0.15) is 0 Å². The third kappa shape index (κ3) is 4.46. The molecule has 0 unspecified atom stereocenters. The molecule has 1 amide bonds. The first-order valence-electron chi connectivity index (χ1n) is 9.34. The Morgan fingerprint density at radius 1 is 1.03 bits per heavy atom. The molecule has 0 bridgehead atoms. The van der Waals surface area contributed by atoms with Crippen LogP contribution in [-0.2, 0) is 11.2 Å². The third-order valence-electron chi connectivity index (χ3n) is 4.52. The summed E-state index contributed by atoms with van der Waals surface area (Å²) in [7, 11) is 0. The SMILES string of the molecule is Cc1cc(C)n2c(SCC(=O)Nc3ccccc3Cc3ccccc3)nnc2n1. The number of hydrogen-bond acceptors (Lipinski definition) is 5. The van der Waals surface area contributed by atoms with Gasteiger partial charge in [-0.15, -0.1) is 10.2 Å². The second-order valence-corrected chi connectivity index (χ2v) is 7.76. The standard InChI is InChI=1S/C22H21N5OS/c1-15-12-16(2)27-21(23-15)25-26-22(27)29-14-20(28)24-19-11-7-6-10-18(19)13-17-8-4-3-5-9-17/h3-12H,13-14H2,1-2H3,(H,24,28). The van der Waals surface area contributed by atoms with Crippen LogP contribution >= 0.6 is 11.8 Å². The lowest BCUT2D eigenvalue weighted by atomic mass is 10.0. The molecule has 0 atom stereocenters. The molecule has 0 aliphatic rings. The molecule has 0 aliphatic carbocycles. The molecule has 0 radical (unpaired) electrons. The molecule has 4 rings (SSSR count). The number of carbonyl (C=O) groups is 1. The van der Waals surface area contributed by atoms with Crippen LogP contribution in [0, 0.1) is 13.8 Å². The van der Waals surface area contributed by atoms with Crippen molar-refractivity contribution in [2.45, 2.75) is 25.4 Å². The van der Waals surface area contributed by atoms with Gasteiger partial charge in [0.05, 0.1) is 5.75 Å². The molecule has 0 aliphatic heterocycles. The van der Waals surface area contributed by atoms with Crippen molar-refractivity contribution in [3.05, 3.63) is 83.2 Å². The van der Waals surface area contributed by atoms with E-state index in [1.807, 2.05) is 66.8 Å². The highest BCUT2D eigenvalue weighted by atomic mass is 32.2.